The number of carboxylic acid groups (broad SMARTS) is 1. The number of hydrogen-bond donors (Lipinski definition) is 2. The summed E-state index contributed by atoms with van der Waals surface area (Å²) in [6.45, 7) is 0. The lowest BCUT2D eigenvalue weighted by molar-refractivity contribution is 0.0696. The molecule has 0 bridgehead atoms. The predicted octanol–water partition coefficient (Wildman–Crippen LogP) is 4.08. The fraction of sp³-hybridized carbons (Fsp3) is 0.0952. The van der Waals surface area contributed by atoms with E-state index in [0.717, 1.165) is 0 Å². The summed E-state index contributed by atoms with van der Waals surface area (Å²) in [4.78, 5) is 23.3. The minimum Gasteiger partial charge on any atom is -0.497 e. The van der Waals surface area contributed by atoms with Crippen molar-refractivity contribution in [2.75, 3.05) is 14.2 Å². The van der Waals surface area contributed by atoms with Crippen molar-refractivity contribution in [1.29, 1.82) is 0 Å². The van der Waals surface area contributed by atoms with Crippen LogP contribution in [0.2, 0.25) is 5.02 Å². The summed E-state index contributed by atoms with van der Waals surface area (Å²) >= 11 is 5.99. The Balaban J connectivity index is 1.70. The van der Waals surface area contributed by atoms with E-state index < -0.39 is 11.9 Å². The van der Waals surface area contributed by atoms with Gasteiger partial charge in [-0.2, -0.15) is 5.10 Å². The standard InChI is InChI=1S/C21H17ClN2O6/c1-28-15-7-13(8-16(10-15)29-2)20(25)24-23-11-14-4-6-19(30-14)12-3-5-17(21(26)27)18(22)9-12/h3-11H,1-2H3,(H,24,25)(H,26,27)/b23-11-. The number of amides is 1. The van der Waals surface area contributed by atoms with Gasteiger partial charge in [-0.3, -0.25) is 4.79 Å². The molecule has 1 amide bonds. The fourth-order valence-corrected chi connectivity index (χ4v) is 2.84. The van der Waals surface area contributed by atoms with Gasteiger partial charge in [0.05, 0.1) is 31.0 Å². The molecule has 1 heterocycles. The van der Waals surface area contributed by atoms with Gasteiger partial charge in [0.1, 0.15) is 23.0 Å². The van der Waals surface area contributed by atoms with Crippen molar-refractivity contribution < 1.29 is 28.6 Å². The average Bonchev–Trinajstić information content (AvgIpc) is 3.21. The molecule has 0 saturated heterocycles. The van der Waals surface area contributed by atoms with Crippen LogP contribution >= 0.6 is 11.6 Å². The SMILES string of the molecule is COc1cc(OC)cc(C(=O)N/N=C\c2ccc(-c3ccc(C(=O)O)c(Cl)c3)o2)c1. The van der Waals surface area contributed by atoms with E-state index in [1.165, 1.54) is 32.6 Å². The molecule has 8 nitrogen and oxygen atoms in total. The number of aromatic carboxylic acids is 1. The van der Waals surface area contributed by atoms with Gasteiger partial charge in [0.15, 0.2) is 0 Å². The molecule has 0 aliphatic rings. The van der Waals surface area contributed by atoms with E-state index in [1.807, 2.05) is 0 Å². The molecule has 0 fully saturated rings. The summed E-state index contributed by atoms with van der Waals surface area (Å²) in [5.74, 6) is 0.249. The molecule has 3 rings (SSSR count). The van der Waals surface area contributed by atoms with Gasteiger partial charge in [-0.1, -0.05) is 17.7 Å². The third-order valence-electron chi connectivity index (χ3n) is 4.08. The number of ether oxygens (including phenoxy) is 2. The zero-order chi connectivity index (χ0) is 21.7. The topological polar surface area (TPSA) is 110 Å². The lowest BCUT2D eigenvalue weighted by atomic mass is 10.1. The Labute approximate surface area is 176 Å². The molecule has 9 heteroatoms. The van der Waals surface area contributed by atoms with Gasteiger partial charge < -0.3 is 19.0 Å². The highest BCUT2D eigenvalue weighted by Crippen LogP contribution is 2.27. The Kier molecular flexibility index (Phi) is 6.38. The van der Waals surface area contributed by atoms with Crippen LogP contribution in [0, 0.1) is 0 Å². The molecule has 2 N–H and O–H groups in total. The van der Waals surface area contributed by atoms with Crippen molar-refractivity contribution in [3.8, 4) is 22.8 Å². The van der Waals surface area contributed by atoms with E-state index in [1.54, 1.807) is 36.4 Å². The van der Waals surface area contributed by atoms with E-state index in [-0.39, 0.29) is 10.6 Å². The molecule has 2 aromatic carbocycles. The third kappa shape index (κ3) is 4.79. The van der Waals surface area contributed by atoms with Crippen LogP contribution in [0.15, 0.2) is 58.0 Å². The fourth-order valence-electron chi connectivity index (χ4n) is 2.58. The largest absolute Gasteiger partial charge is 0.497 e. The molecule has 3 aromatic rings. The minimum absolute atomic E-state index is 0.00523. The molecule has 1 aromatic heterocycles. The van der Waals surface area contributed by atoms with E-state index >= 15 is 0 Å². The number of carboxylic acids is 1. The van der Waals surface area contributed by atoms with E-state index in [9.17, 15) is 9.59 Å². The summed E-state index contributed by atoms with van der Waals surface area (Å²) in [6.07, 6.45) is 1.34. The summed E-state index contributed by atoms with van der Waals surface area (Å²) in [5.41, 5.74) is 3.33. The smallest absolute Gasteiger partial charge is 0.337 e. The van der Waals surface area contributed by atoms with Crippen molar-refractivity contribution in [2.24, 2.45) is 5.10 Å². The Morgan fingerprint density at radius 3 is 2.37 bits per heavy atom. The molecule has 154 valence electrons. The number of methoxy groups -OCH3 is 2. The van der Waals surface area contributed by atoms with Gasteiger partial charge in [0, 0.05) is 17.2 Å². The van der Waals surface area contributed by atoms with Crippen LogP contribution < -0.4 is 14.9 Å². The maximum Gasteiger partial charge on any atom is 0.337 e. The number of hydrazone groups is 1. The van der Waals surface area contributed by atoms with Crippen molar-refractivity contribution in [2.45, 2.75) is 0 Å². The number of halogens is 1. The van der Waals surface area contributed by atoms with Gasteiger partial charge in [-0.25, -0.2) is 10.2 Å². The van der Waals surface area contributed by atoms with Gasteiger partial charge in [0.25, 0.3) is 5.91 Å². The molecular weight excluding hydrogens is 412 g/mol. The first kappa shape index (κ1) is 20.9. The summed E-state index contributed by atoms with van der Waals surface area (Å²) in [6, 6.07) is 12.6. The van der Waals surface area contributed by atoms with Crippen LogP contribution in [0.1, 0.15) is 26.5 Å². The molecular formula is C21H17ClN2O6. The summed E-state index contributed by atoms with van der Waals surface area (Å²) in [7, 11) is 2.98. The Bertz CT molecular complexity index is 1100. The van der Waals surface area contributed by atoms with Crippen LogP contribution in [-0.2, 0) is 0 Å². The monoisotopic (exact) mass is 428 g/mol. The number of furan rings is 1. The normalized spacial score (nSPS) is 10.8. The quantitative estimate of drug-likeness (QED) is 0.433. The zero-order valence-corrected chi connectivity index (χ0v) is 16.8. The highest BCUT2D eigenvalue weighted by molar-refractivity contribution is 6.33. The first-order valence-electron chi connectivity index (χ1n) is 8.61. The van der Waals surface area contributed by atoms with Gasteiger partial charge in [-0.05, 0) is 36.4 Å². The highest BCUT2D eigenvalue weighted by Gasteiger charge is 2.12. The number of carbonyl (C=O) groups is 2. The molecule has 0 spiro atoms. The number of hydrogen-bond acceptors (Lipinski definition) is 6. The molecule has 0 saturated carbocycles. The molecule has 0 aliphatic heterocycles. The Morgan fingerprint density at radius 1 is 1.07 bits per heavy atom. The number of nitrogens with one attached hydrogen (secondary N) is 1. The Morgan fingerprint density at radius 2 is 1.77 bits per heavy atom. The van der Waals surface area contributed by atoms with Gasteiger partial charge in [0.2, 0.25) is 0 Å². The lowest BCUT2D eigenvalue weighted by Gasteiger charge is -2.07. The van der Waals surface area contributed by atoms with E-state index in [0.29, 0.717) is 34.1 Å². The maximum absolute atomic E-state index is 12.3. The predicted molar refractivity (Wildman–Crippen MR) is 111 cm³/mol. The third-order valence-corrected chi connectivity index (χ3v) is 4.40. The second-order valence-corrected chi connectivity index (χ2v) is 6.41. The molecule has 0 atom stereocenters. The minimum atomic E-state index is -1.11. The van der Waals surface area contributed by atoms with Crippen LogP contribution in [0.4, 0.5) is 0 Å². The number of nitrogens with zero attached hydrogens (tertiary/aromatic N) is 1. The van der Waals surface area contributed by atoms with Crippen LogP contribution in [0.25, 0.3) is 11.3 Å². The number of benzene rings is 2. The first-order valence-corrected chi connectivity index (χ1v) is 8.98. The maximum atomic E-state index is 12.3. The lowest BCUT2D eigenvalue weighted by Crippen LogP contribution is -2.17. The molecule has 30 heavy (non-hydrogen) atoms. The van der Waals surface area contributed by atoms with Crippen LogP contribution in [0.3, 0.4) is 0 Å². The van der Waals surface area contributed by atoms with Crippen molar-refractivity contribution >= 4 is 29.7 Å². The first-order chi connectivity index (χ1) is 14.4. The van der Waals surface area contributed by atoms with Crippen molar-refractivity contribution in [3.05, 3.63) is 70.4 Å². The van der Waals surface area contributed by atoms with Crippen molar-refractivity contribution in [3.63, 3.8) is 0 Å². The van der Waals surface area contributed by atoms with E-state index in [4.69, 9.17) is 30.6 Å². The Hall–Kier alpha value is -3.78. The van der Waals surface area contributed by atoms with Gasteiger partial charge in [-0.15, -0.1) is 0 Å². The molecule has 0 radical (unpaired) electrons. The van der Waals surface area contributed by atoms with Gasteiger partial charge >= 0.3 is 5.97 Å². The number of carbonyl (C=O) groups excluding carboxylic acids is 1. The second kappa shape index (κ2) is 9.15. The second-order valence-electron chi connectivity index (χ2n) is 6.00. The molecule has 0 aliphatic carbocycles. The summed E-state index contributed by atoms with van der Waals surface area (Å²) < 4.78 is 15.9. The van der Waals surface area contributed by atoms with Crippen LogP contribution in [-0.4, -0.2) is 37.4 Å². The van der Waals surface area contributed by atoms with E-state index in [2.05, 4.69) is 10.5 Å². The zero-order valence-electron chi connectivity index (χ0n) is 16.0. The van der Waals surface area contributed by atoms with Crippen LogP contribution in [0.5, 0.6) is 11.5 Å². The van der Waals surface area contributed by atoms with Crippen molar-refractivity contribution in [1.82, 2.24) is 5.43 Å². The average molecular weight is 429 g/mol. The molecule has 0 unspecified atom stereocenters. The number of rotatable bonds is 7. The summed E-state index contributed by atoms with van der Waals surface area (Å²) in [5, 5.41) is 13.0. The highest BCUT2D eigenvalue weighted by atomic mass is 35.5.